The molecule has 0 unspecified atom stereocenters. The third-order valence-electron chi connectivity index (χ3n) is 6.08. The smallest absolute Gasteiger partial charge is 0.310 e. The van der Waals surface area contributed by atoms with Crippen molar-refractivity contribution in [2.24, 2.45) is 11.8 Å². The van der Waals surface area contributed by atoms with Crippen LogP contribution in [0.2, 0.25) is 0 Å². The fourth-order valence-electron chi connectivity index (χ4n) is 4.79. The average molecular weight is 398 g/mol. The van der Waals surface area contributed by atoms with E-state index in [2.05, 4.69) is 0 Å². The predicted octanol–water partition coefficient (Wildman–Crippen LogP) is 2.92. The van der Waals surface area contributed by atoms with Crippen molar-refractivity contribution < 1.29 is 33.2 Å². The number of hydrogen-bond donors (Lipinski definition) is 0. The van der Waals surface area contributed by atoms with Crippen molar-refractivity contribution >= 4 is 5.97 Å². The highest BCUT2D eigenvalue weighted by Gasteiger charge is 2.48. The fraction of sp³-hybridized carbons (Fsp3) is 0.409. The molecule has 2 aliphatic heterocycles. The maximum atomic E-state index is 12.7. The summed E-state index contributed by atoms with van der Waals surface area (Å²) in [5.74, 6) is 2.53. The minimum absolute atomic E-state index is 0.111. The van der Waals surface area contributed by atoms with Crippen molar-refractivity contribution in [2.45, 2.75) is 12.3 Å². The maximum Gasteiger partial charge on any atom is 0.310 e. The van der Waals surface area contributed by atoms with Crippen LogP contribution in [-0.4, -0.2) is 40.7 Å². The second kappa shape index (κ2) is 6.76. The molecule has 29 heavy (non-hydrogen) atoms. The Kier molecular flexibility index (Phi) is 4.19. The Bertz CT molecular complexity index is 958. The third-order valence-corrected chi connectivity index (χ3v) is 6.08. The van der Waals surface area contributed by atoms with Crippen LogP contribution in [-0.2, 0) is 16.0 Å². The van der Waals surface area contributed by atoms with Gasteiger partial charge in [0.2, 0.25) is 12.5 Å². The number of hydrogen-bond acceptors (Lipinski definition) is 7. The Hall–Kier alpha value is -3.09. The Labute approximate surface area is 168 Å². The number of benzene rings is 2. The van der Waals surface area contributed by atoms with Crippen molar-refractivity contribution in [3.63, 3.8) is 0 Å². The summed E-state index contributed by atoms with van der Waals surface area (Å²) in [6.07, 6.45) is 0.767. The topological polar surface area (TPSA) is 72.5 Å². The van der Waals surface area contributed by atoms with Gasteiger partial charge in [0.1, 0.15) is 0 Å². The molecule has 0 amide bonds. The van der Waals surface area contributed by atoms with Gasteiger partial charge in [0.15, 0.2) is 23.0 Å². The SMILES string of the molecule is COc1cc([C@@H]2c3cc4c(cc3C[C@H]3COC(=O)[C@H]32)OCO4)cc(OC)c1OC. The van der Waals surface area contributed by atoms with E-state index in [0.717, 1.165) is 28.9 Å². The maximum absolute atomic E-state index is 12.7. The Balaban J connectivity index is 1.71. The summed E-state index contributed by atoms with van der Waals surface area (Å²) in [6.45, 7) is 0.639. The highest BCUT2D eigenvalue weighted by Crippen LogP contribution is 2.52. The van der Waals surface area contributed by atoms with Gasteiger partial charge in [0, 0.05) is 11.8 Å². The van der Waals surface area contributed by atoms with Gasteiger partial charge in [0.25, 0.3) is 0 Å². The van der Waals surface area contributed by atoms with Gasteiger partial charge in [-0.05, 0) is 47.4 Å². The van der Waals surface area contributed by atoms with E-state index in [1.165, 1.54) is 0 Å². The first-order chi connectivity index (χ1) is 14.1. The van der Waals surface area contributed by atoms with Crippen LogP contribution in [0.4, 0.5) is 0 Å². The van der Waals surface area contributed by atoms with Gasteiger partial charge in [-0.15, -0.1) is 0 Å². The molecule has 2 aromatic rings. The van der Waals surface area contributed by atoms with Gasteiger partial charge in [-0.25, -0.2) is 0 Å². The minimum Gasteiger partial charge on any atom is -0.493 e. The molecule has 1 saturated heterocycles. The number of carbonyl (C=O) groups is 1. The number of methoxy groups -OCH3 is 3. The first-order valence-corrected chi connectivity index (χ1v) is 9.53. The predicted molar refractivity (Wildman–Crippen MR) is 102 cm³/mol. The van der Waals surface area contributed by atoms with Crippen LogP contribution < -0.4 is 23.7 Å². The van der Waals surface area contributed by atoms with Crippen molar-refractivity contribution in [1.29, 1.82) is 0 Å². The lowest BCUT2D eigenvalue weighted by Crippen LogP contribution is -2.31. The number of rotatable bonds is 4. The van der Waals surface area contributed by atoms with E-state index in [0.29, 0.717) is 29.6 Å². The zero-order valence-corrected chi connectivity index (χ0v) is 16.5. The molecule has 0 saturated carbocycles. The highest BCUT2D eigenvalue weighted by molar-refractivity contribution is 5.78. The van der Waals surface area contributed by atoms with Crippen molar-refractivity contribution in [1.82, 2.24) is 0 Å². The number of fused-ring (bicyclic) bond motifs is 3. The zero-order chi connectivity index (χ0) is 20.1. The van der Waals surface area contributed by atoms with Crippen LogP contribution in [0.1, 0.15) is 22.6 Å². The molecule has 5 rings (SSSR count). The van der Waals surface area contributed by atoms with Crippen LogP contribution in [0.15, 0.2) is 24.3 Å². The van der Waals surface area contributed by atoms with E-state index >= 15 is 0 Å². The van der Waals surface area contributed by atoms with E-state index in [-0.39, 0.29) is 30.5 Å². The van der Waals surface area contributed by atoms with Gasteiger partial charge >= 0.3 is 5.97 Å². The van der Waals surface area contributed by atoms with E-state index < -0.39 is 0 Å². The highest BCUT2D eigenvalue weighted by atomic mass is 16.7. The summed E-state index contributed by atoms with van der Waals surface area (Å²) in [7, 11) is 4.74. The second-order valence-corrected chi connectivity index (χ2v) is 7.46. The molecule has 0 bridgehead atoms. The van der Waals surface area contributed by atoms with Crippen LogP contribution in [0.5, 0.6) is 28.7 Å². The summed E-state index contributed by atoms with van der Waals surface area (Å²) in [6, 6.07) is 7.84. The van der Waals surface area contributed by atoms with Gasteiger partial charge in [-0.1, -0.05) is 0 Å². The molecule has 1 fully saturated rings. The summed E-state index contributed by atoms with van der Waals surface area (Å²) in [5, 5.41) is 0. The summed E-state index contributed by atoms with van der Waals surface area (Å²) < 4.78 is 33.2. The van der Waals surface area contributed by atoms with Gasteiger partial charge in [-0.3, -0.25) is 4.79 Å². The van der Waals surface area contributed by atoms with Gasteiger partial charge < -0.3 is 28.4 Å². The molecule has 0 N–H and O–H groups in total. The second-order valence-electron chi connectivity index (χ2n) is 7.46. The molecule has 0 spiro atoms. The molecule has 3 atom stereocenters. The van der Waals surface area contributed by atoms with Crippen molar-refractivity contribution in [3.8, 4) is 28.7 Å². The summed E-state index contributed by atoms with van der Waals surface area (Å²) >= 11 is 0. The minimum atomic E-state index is -0.273. The van der Waals surface area contributed by atoms with Crippen LogP contribution in [0.25, 0.3) is 0 Å². The largest absolute Gasteiger partial charge is 0.493 e. The summed E-state index contributed by atoms with van der Waals surface area (Å²) in [4.78, 5) is 12.7. The number of ether oxygens (including phenoxy) is 6. The average Bonchev–Trinajstić information content (AvgIpc) is 3.35. The molecule has 2 aromatic carbocycles. The first kappa shape index (κ1) is 18.0. The molecule has 2 heterocycles. The molecule has 7 heteroatoms. The normalized spacial score (nSPS) is 23.8. The van der Waals surface area contributed by atoms with E-state index in [1.54, 1.807) is 21.3 Å². The molecule has 0 radical (unpaired) electrons. The van der Waals surface area contributed by atoms with E-state index in [1.807, 2.05) is 24.3 Å². The van der Waals surface area contributed by atoms with E-state index in [4.69, 9.17) is 28.4 Å². The molecule has 0 aromatic heterocycles. The van der Waals surface area contributed by atoms with Gasteiger partial charge in [0.05, 0.1) is 33.9 Å². The molecule has 152 valence electrons. The zero-order valence-electron chi connectivity index (χ0n) is 16.5. The fourth-order valence-corrected chi connectivity index (χ4v) is 4.79. The van der Waals surface area contributed by atoms with Crippen LogP contribution >= 0.6 is 0 Å². The molecular weight excluding hydrogens is 376 g/mol. The van der Waals surface area contributed by atoms with Crippen molar-refractivity contribution in [3.05, 3.63) is 41.0 Å². The standard InChI is InChI=1S/C22H22O7/c1-24-17-6-12(7-18(25-2)21(17)26-3)19-14-8-16-15(28-10-29-16)5-11(14)4-13-9-27-22(23)20(13)19/h5-8,13,19-20H,4,9-10H2,1-3H3/t13-,19+,20+/m0/s1. The van der Waals surface area contributed by atoms with Crippen molar-refractivity contribution in [2.75, 3.05) is 34.7 Å². The van der Waals surface area contributed by atoms with Crippen LogP contribution in [0, 0.1) is 11.8 Å². The Morgan fingerprint density at radius 3 is 2.24 bits per heavy atom. The molecule has 3 aliphatic rings. The monoisotopic (exact) mass is 398 g/mol. The Morgan fingerprint density at radius 2 is 1.59 bits per heavy atom. The molecule has 1 aliphatic carbocycles. The lowest BCUT2D eigenvalue weighted by atomic mass is 9.67. The molecule has 7 nitrogen and oxygen atoms in total. The first-order valence-electron chi connectivity index (χ1n) is 9.53. The van der Waals surface area contributed by atoms with E-state index in [9.17, 15) is 4.79 Å². The lowest BCUT2D eigenvalue weighted by molar-refractivity contribution is -0.141. The van der Waals surface area contributed by atoms with Gasteiger partial charge in [-0.2, -0.15) is 0 Å². The third kappa shape index (κ3) is 2.68. The Morgan fingerprint density at radius 1 is 0.897 bits per heavy atom. The molecular formula is C22H22O7. The lowest BCUT2D eigenvalue weighted by Gasteiger charge is -2.34. The quantitative estimate of drug-likeness (QED) is 0.733. The summed E-state index contributed by atoms with van der Waals surface area (Å²) in [5.41, 5.74) is 3.10. The number of carbonyl (C=O) groups excluding carboxylic acids is 1. The number of cyclic esters (lactones) is 1. The van der Waals surface area contributed by atoms with Crippen LogP contribution in [0.3, 0.4) is 0 Å². The number of esters is 1.